The summed E-state index contributed by atoms with van der Waals surface area (Å²) < 4.78 is 5.55. The van der Waals surface area contributed by atoms with Crippen LogP contribution in [0.4, 0.5) is 0 Å². The number of aromatic carboxylic acids is 1. The number of amides is 1. The minimum Gasteiger partial charge on any atom is -0.477 e. The van der Waals surface area contributed by atoms with Gasteiger partial charge in [0.15, 0.2) is 0 Å². The number of hydrogen-bond acceptors (Lipinski definition) is 3. The summed E-state index contributed by atoms with van der Waals surface area (Å²) >= 11 is 0. The number of ether oxygens (including phenoxy) is 1. The number of aromatic nitrogens is 1. The third-order valence-corrected chi connectivity index (χ3v) is 3.75. The summed E-state index contributed by atoms with van der Waals surface area (Å²) in [5.74, 6) is -1.16. The third kappa shape index (κ3) is 2.56. The molecule has 1 amide bonds. The zero-order valence-electron chi connectivity index (χ0n) is 12.0. The standard InChI is InChI=1S/C14H20N2O4/c1-4-10-7-16(5-6-20-10)13(17)11-8(2)12(14(18)19)15-9(11)3/h10,15H,4-7H2,1-3H3,(H,18,19). The van der Waals surface area contributed by atoms with Crippen molar-refractivity contribution >= 4 is 11.9 Å². The molecule has 110 valence electrons. The Bertz CT molecular complexity index is 536. The Balaban J connectivity index is 2.27. The lowest BCUT2D eigenvalue weighted by molar-refractivity contribution is -0.0226. The second kappa shape index (κ2) is 5.66. The van der Waals surface area contributed by atoms with Gasteiger partial charge in [-0.25, -0.2) is 4.79 Å². The molecule has 2 heterocycles. The molecule has 6 nitrogen and oxygen atoms in total. The molecule has 1 atom stereocenters. The predicted molar refractivity (Wildman–Crippen MR) is 73.2 cm³/mol. The Morgan fingerprint density at radius 3 is 2.70 bits per heavy atom. The molecule has 0 aromatic carbocycles. The van der Waals surface area contributed by atoms with Gasteiger partial charge in [-0.1, -0.05) is 6.92 Å². The Hall–Kier alpha value is -1.82. The van der Waals surface area contributed by atoms with Crippen LogP contribution in [0.2, 0.25) is 0 Å². The number of nitrogens with zero attached hydrogens (tertiary/aromatic N) is 1. The number of carboxylic acids is 1. The molecule has 0 radical (unpaired) electrons. The van der Waals surface area contributed by atoms with Crippen molar-refractivity contribution in [3.05, 3.63) is 22.5 Å². The molecule has 0 bridgehead atoms. The van der Waals surface area contributed by atoms with Crippen LogP contribution in [-0.4, -0.2) is 52.7 Å². The topological polar surface area (TPSA) is 82.6 Å². The van der Waals surface area contributed by atoms with Crippen LogP contribution in [0.1, 0.15) is 45.4 Å². The van der Waals surface area contributed by atoms with E-state index in [1.807, 2.05) is 6.92 Å². The number of carboxylic acid groups (broad SMARTS) is 1. The Labute approximate surface area is 117 Å². The largest absolute Gasteiger partial charge is 0.477 e. The number of carbonyl (C=O) groups excluding carboxylic acids is 1. The van der Waals surface area contributed by atoms with Gasteiger partial charge in [0.05, 0.1) is 18.3 Å². The molecule has 1 saturated heterocycles. The first-order valence-electron chi connectivity index (χ1n) is 6.79. The van der Waals surface area contributed by atoms with Gasteiger partial charge in [0.2, 0.25) is 0 Å². The van der Waals surface area contributed by atoms with Crippen molar-refractivity contribution in [1.29, 1.82) is 0 Å². The van der Waals surface area contributed by atoms with E-state index in [0.29, 0.717) is 36.5 Å². The molecule has 6 heteroatoms. The molecule has 1 aliphatic heterocycles. The van der Waals surface area contributed by atoms with Gasteiger partial charge in [-0.05, 0) is 25.8 Å². The molecule has 1 unspecified atom stereocenters. The molecule has 0 saturated carbocycles. The van der Waals surface area contributed by atoms with E-state index in [2.05, 4.69) is 4.98 Å². The molecule has 20 heavy (non-hydrogen) atoms. The normalized spacial score (nSPS) is 19.1. The zero-order valence-corrected chi connectivity index (χ0v) is 12.0. The van der Waals surface area contributed by atoms with Gasteiger partial charge >= 0.3 is 5.97 Å². The highest BCUT2D eigenvalue weighted by atomic mass is 16.5. The van der Waals surface area contributed by atoms with Crippen LogP contribution in [0.25, 0.3) is 0 Å². The smallest absolute Gasteiger partial charge is 0.352 e. The number of nitrogens with one attached hydrogen (secondary N) is 1. The Kier molecular flexibility index (Phi) is 4.13. The van der Waals surface area contributed by atoms with E-state index in [1.54, 1.807) is 18.7 Å². The first kappa shape index (κ1) is 14.6. The molecule has 0 aliphatic carbocycles. The summed E-state index contributed by atoms with van der Waals surface area (Å²) in [6, 6.07) is 0. The van der Waals surface area contributed by atoms with E-state index < -0.39 is 5.97 Å². The lowest BCUT2D eigenvalue weighted by Gasteiger charge is -2.32. The van der Waals surface area contributed by atoms with E-state index in [0.717, 1.165) is 6.42 Å². The van der Waals surface area contributed by atoms with Gasteiger partial charge in [-0.2, -0.15) is 0 Å². The fraction of sp³-hybridized carbons (Fsp3) is 0.571. The minimum atomic E-state index is -1.04. The van der Waals surface area contributed by atoms with Crippen molar-refractivity contribution in [2.45, 2.75) is 33.3 Å². The maximum Gasteiger partial charge on any atom is 0.352 e. The highest BCUT2D eigenvalue weighted by molar-refractivity contribution is 6.00. The van der Waals surface area contributed by atoms with Crippen LogP contribution < -0.4 is 0 Å². The van der Waals surface area contributed by atoms with Gasteiger partial charge < -0.3 is 19.7 Å². The summed E-state index contributed by atoms with van der Waals surface area (Å²) in [6.07, 6.45) is 0.918. The van der Waals surface area contributed by atoms with E-state index in [-0.39, 0.29) is 17.7 Å². The van der Waals surface area contributed by atoms with Crippen LogP contribution >= 0.6 is 0 Å². The quantitative estimate of drug-likeness (QED) is 0.880. The molecule has 1 aromatic rings. The monoisotopic (exact) mass is 280 g/mol. The van der Waals surface area contributed by atoms with Gasteiger partial charge in [-0.15, -0.1) is 0 Å². The summed E-state index contributed by atoms with van der Waals surface area (Å²) in [6.45, 7) is 7.04. The Morgan fingerprint density at radius 1 is 1.45 bits per heavy atom. The van der Waals surface area contributed by atoms with Crippen molar-refractivity contribution in [1.82, 2.24) is 9.88 Å². The maximum atomic E-state index is 12.6. The third-order valence-electron chi connectivity index (χ3n) is 3.75. The second-order valence-electron chi connectivity index (χ2n) is 5.08. The van der Waals surface area contributed by atoms with Crippen LogP contribution in [0, 0.1) is 13.8 Å². The molecule has 2 N–H and O–H groups in total. The van der Waals surface area contributed by atoms with Crippen LogP contribution in [0.15, 0.2) is 0 Å². The van der Waals surface area contributed by atoms with Crippen LogP contribution in [0.5, 0.6) is 0 Å². The lowest BCUT2D eigenvalue weighted by atomic mass is 10.1. The van der Waals surface area contributed by atoms with E-state index in [1.165, 1.54) is 0 Å². The van der Waals surface area contributed by atoms with Crippen LogP contribution in [0.3, 0.4) is 0 Å². The minimum absolute atomic E-state index is 0.0613. The zero-order chi connectivity index (χ0) is 14.9. The molecular weight excluding hydrogens is 260 g/mol. The SMILES string of the molecule is CCC1CN(C(=O)c2c(C)[nH]c(C(=O)O)c2C)CCO1. The van der Waals surface area contributed by atoms with Gasteiger partial charge in [-0.3, -0.25) is 4.79 Å². The first-order chi connectivity index (χ1) is 9.45. The molecule has 1 fully saturated rings. The summed E-state index contributed by atoms with van der Waals surface area (Å²) in [5, 5.41) is 9.10. The molecule has 1 aromatic heterocycles. The number of morpholine rings is 1. The fourth-order valence-corrected chi connectivity index (χ4v) is 2.59. The molecule has 2 rings (SSSR count). The predicted octanol–water partition coefficient (Wildman–Crippen LogP) is 1.58. The number of aryl methyl sites for hydroxylation is 1. The van der Waals surface area contributed by atoms with Crippen molar-refractivity contribution in [2.24, 2.45) is 0 Å². The summed E-state index contributed by atoms with van der Waals surface area (Å²) in [7, 11) is 0. The number of aromatic amines is 1. The van der Waals surface area contributed by atoms with E-state index in [9.17, 15) is 9.59 Å². The van der Waals surface area contributed by atoms with Gasteiger partial charge in [0, 0.05) is 18.8 Å². The van der Waals surface area contributed by atoms with Crippen molar-refractivity contribution in [3.63, 3.8) is 0 Å². The summed E-state index contributed by atoms with van der Waals surface area (Å²) in [4.78, 5) is 28.2. The number of hydrogen-bond donors (Lipinski definition) is 2. The van der Waals surface area contributed by atoms with Gasteiger partial charge in [0.25, 0.3) is 5.91 Å². The van der Waals surface area contributed by atoms with Crippen molar-refractivity contribution in [2.75, 3.05) is 19.7 Å². The van der Waals surface area contributed by atoms with E-state index >= 15 is 0 Å². The highest BCUT2D eigenvalue weighted by Gasteiger charge is 2.28. The lowest BCUT2D eigenvalue weighted by Crippen LogP contribution is -2.45. The number of carbonyl (C=O) groups is 2. The van der Waals surface area contributed by atoms with Crippen LogP contribution in [-0.2, 0) is 4.74 Å². The maximum absolute atomic E-state index is 12.6. The highest BCUT2D eigenvalue weighted by Crippen LogP contribution is 2.21. The number of H-pyrrole nitrogens is 1. The second-order valence-corrected chi connectivity index (χ2v) is 5.08. The molecular formula is C14H20N2O4. The average molecular weight is 280 g/mol. The van der Waals surface area contributed by atoms with Crippen molar-refractivity contribution < 1.29 is 19.4 Å². The molecule has 0 spiro atoms. The van der Waals surface area contributed by atoms with E-state index in [4.69, 9.17) is 9.84 Å². The fourth-order valence-electron chi connectivity index (χ4n) is 2.59. The Morgan fingerprint density at radius 2 is 2.15 bits per heavy atom. The van der Waals surface area contributed by atoms with Crippen molar-refractivity contribution in [3.8, 4) is 0 Å². The average Bonchev–Trinajstić information content (AvgIpc) is 2.73. The molecule has 1 aliphatic rings. The first-order valence-corrected chi connectivity index (χ1v) is 6.79. The van der Waals surface area contributed by atoms with Gasteiger partial charge in [0.1, 0.15) is 5.69 Å². The summed E-state index contributed by atoms with van der Waals surface area (Å²) in [5.41, 5.74) is 1.66. The number of rotatable bonds is 3.